The Labute approximate surface area is 127 Å². The van der Waals surface area contributed by atoms with Crippen molar-refractivity contribution in [2.75, 3.05) is 0 Å². The van der Waals surface area contributed by atoms with E-state index in [0.717, 1.165) is 16.7 Å². The Balaban J connectivity index is 1.83. The smallest absolute Gasteiger partial charge is 0.233 e. The van der Waals surface area contributed by atoms with Crippen molar-refractivity contribution in [3.05, 3.63) is 83.1 Å². The van der Waals surface area contributed by atoms with E-state index in [2.05, 4.69) is 12.1 Å². The van der Waals surface area contributed by atoms with Crippen LogP contribution in [0, 0.1) is 0 Å². The minimum absolute atomic E-state index is 0.429. The van der Waals surface area contributed by atoms with Gasteiger partial charge in [-0.1, -0.05) is 48.5 Å². The average molecular weight is 288 g/mol. The molecule has 1 aliphatic carbocycles. The van der Waals surface area contributed by atoms with Crippen molar-refractivity contribution in [3.63, 3.8) is 0 Å². The summed E-state index contributed by atoms with van der Waals surface area (Å²) >= 11 is 0. The first-order chi connectivity index (χ1) is 10.7. The lowest BCUT2D eigenvalue weighted by molar-refractivity contribution is -0.111. The van der Waals surface area contributed by atoms with Crippen LogP contribution in [0.4, 0.5) is 0 Å². The van der Waals surface area contributed by atoms with E-state index < -0.39 is 11.6 Å². The largest absolute Gasteiger partial charge is 0.464 e. The number of carbonyl (C=O) groups excluding carboxylic acids is 2. The fraction of sp³-hybridized carbons (Fsp3) is 0.0526. The van der Waals surface area contributed by atoms with Crippen LogP contribution in [0.3, 0.4) is 0 Å². The van der Waals surface area contributed by atoms with Crippen LogP contribution in [0.2, 0.25) is 0 Å². The van der Waals surface area contributed by atoms with Crippen molar-refractivity contribution in [2.45, 2.75) is 6.42 Å². The van der Waals surface area contributed by atoms with Crippen LogP contribution >= 0.6 is 0 Å². The van der Waals surface area contributed by atoms with Gasteiger partial charge >= 0.3 is 0 Å². The van der Waals surface area contributed by atoms with E-state index in [9.17, 15) is 9.59 Å². The zero-order valence-corrected chi connectivity index (χ0v) is 11.7. The van der Waals surface area contributed by atoms with Crippen LogP contribution in [0.5, 0.6) is 0 Å². The molecule has 0 N–H and O–H groups in total. The Morgan fingerprint density at radius 3 is 2.45 bits per heavy atom. The summed E-state index contributed by atoms with van der Waals surface area (Å²) in [5, 5.41) is 0. The molecule has 0 saturated carbocycles. The van der Waals surface area contributed by atoms with E-state index in [4.69, 9.17) is 4.74 Å². The Morgan fingerprint density at radius 1 is 0.864 bits per heavy atom. The molecule has 3 heteroatoms. The van der Waals surface area contributed by atoms with Crippen LogP contribution in [0.1, 0.15) is 27.0 Å². The molecule has 2 aliphatic rings. The van der Waals surface area contributed by atoms with Gasteiger partial charge in [-0.3, -0.25) is 9.59 Å². The second kappa shape index (κ2) is 4.81. The molecule has 0 amide bonds. The maximum absolute atomic E-state index is 12.1. The monoisotopic (exact) mass is 288 g/mol. The molecule has 1 aliphatic heterocycles. The van der Waals surface area contributed by atoms with Crippen molar-refractivity contribution in [1.29, 1.82) is 0 Å². The lowest BCUT2D eigenvalue weighted by atomic mass is 9.85. The molecular weight excluding hydrogens is 276 g/mol. The van der Waals surface area contributed by atoms with E-state index in [1.165, 1.54) is 11.6 Å². The maximum atomic E-state index is 12.1. The highest BCUT2D eigenvalue weighted by atomic mass is 16.5. The SMILES string of the molecule is O=C1C=C2OC=C(Cc3ccccc3)c3cccc(c32)C1=O. The van der Waals surface area contributed by atoms with Gasteiger partial charge in [0.1, 0.15) is 5.76 Å². The molecule has 3 nitrogen and oxygen atoms in total. The summed E-state index contributed by atoms with van der Waals surface area (Å²) < 4.78 is 5.62. The lowest BCUT2D eigenvalue weighted by Crippen LogP contribution is -2.21. The first-order valence-corrected chi connectivity index (χ1v) is 7.08. The van der Waals surface area contributed by atoms with Gasteiger partial charge in [0.25, 0.3) is 0 Å². The normalized spacial score (nSPS) is 15.6. The molecular formula is C19H12O3. The van der Waals surface area contributed by atoms with E-state index in [1.54, 1.807) is 12.3 Å². The molecule has 0 atom stereocenters. The van der Waals surface area contributed by atoms with Crippen molar-refractivity contribution in [3.8, 4) is 0 Å². The predicted molar refractivity (Wildman–Crippen MR) is 83.0 cm³/mol. The highest BCUT2D eigenvalue weighted by Crippen LogP contribution is 2.38. The third kappa shape index (κ3) is 1.91. The van der Waals surface area contributed by atoms with Gasteiger partial charge in [0, 0.05) is 23.6 Å². The van der Waals surface area contributed by atoms with E-state index in [1.807, 2.05) is 30.3 Å². The van der Waals surface area contributed by atoms with Gasteiger partial charge in [-0.05, 0) is 16.7 Å². The number of hydrogen-bond donors (Lipinski definition) is 0. The third-order valence-corrected chi connectivity index (χ3v) is 3.95. The van der Waals surface area contributed by atoms with Crippen LogP contribution in [-0.4, -0.2) is 11.6 Å². The van der Waals surface area contributed by atoms with Crippen molar-refractivity contribution < 1.29 is 14.3 Å². The third-order valence-electron chi connectivity index (χ3n) is 3.95. The Bertz CT molecular complexity index is 858. The van der Waals surface area contributed by atoms with Gasteiger partial charge in [0.05, 0.1) is 6.26 Å². The Morgan fingerprint density at radius 2 is 1.64 bits per heavy atom. The molecule has 0 fully saturated rings. The van der Waals surface area contributed by atoms with Crippen LogP contribution < -0.4 is 0 Å². The number of hydrogen-bond acceptors (Lipinski definition) is 3. The number of carbonyl (C=O) groups is 2. The predicted octanol–water partition coefficient (Wildman–Crippen LogP) is 3.41. The molecule has 22 heavy (non-hydrogen) atoms. The Hall–Kier alpha value is -2.94. The van der Waals surface area contributed by atoms with Gasteiger partial charge in [0.15, 0.2) is 0 Å². The molecule has 0 radical (unpaired) electrons. The van der Waals surface area contributed by atoms with Gasteiger partial charge in [-0.2, -0.15) is 0 Å². The molecule has 4 rings (SSSR count). The second-order valence-corrected chi connectivity index (χ2v) is 5.35. The molecule has 0 aromatic heterocycles. The minimum Gasteiger partial charge on any atom is -0.464 e. The summed E-state index contributed by atoms with van der Waals surface area (Å²) in [6, 6.07) is 15.5. The standard InChI is InChI=1S/C19H12O3/c20-16-10-17-18-14(7-4-8-15(18)19(16)21)13(11-22-17)9-12-5-2-1-3-6-12/h1-8,10-11H,9H2. The van der Waals surface area contributed by atoms with E-state index >= 15 is 0 Å². The molecule has 106 valence electrons. The molecule has 1 heterocycles. The number of Topliss-reactive ketones (excluding diaryl/α,β-unsaturated/α-hetero) is 1. The molecule has 0 spiro atoms. The number of allylic oxidation sites excluding steroid dienone is 2. The van der Waals surface area contributed by atoms with Crippen LogP contribution in [0.15, 0.2) is 60.9 Å². The zero-order chi connectivity index (χ0) is 15.1. The molecule has 0 unspecified atom stereocenters. The Kier molecular flexibility index (Phi) is 2.79. The van der Waals surface area contributed by atoms with Gasteiger partial charge in [0.2, 0.25) is 11.6 Å². The van der Waals surface area contributed by atoms with Crippen molar-refractivity contribution in [1.82, 2.24) is 0 Å². The summed E-state index contributed by atoms with van der Waals surface area (Å²) in [7, 11) is 0. The van der Waals surface area contributed by atoms with Crippen molar-refractivity contribution in [2.24, 2.45) is 0 Å². The van der Waals surface area contributed by atoms with E-state index in [-0.39, 0.29) is 0 Å². The van der Waals surface area contributed by atoms with E-state index in [0.29, 0.717) is 17.7 Å². The fourth-order valence-corrected chi connectivity index (χ4v) is 2.91. The zero-order valence-electron chi connectivity index (χ0n) is 11.7. The molecule has 0 saturated heterocycles. The topological polar surface area (TPSA) is 43.4 Å². The molecule has 2 aromatic rings. The fourth-order valence-electron chi connectivity index (χ4n) is 2.91. The quantitative estimate of drug-likeness (QED) is 0.795. The highest BCUT2D eigenvalue weighted by Gasteiger charge is 2.31. The summed E-state index contributed by atoms with van der Waals surface area (Å²) in [4.78, 5) is 23.8. The molecule has 2 aromatic carbocycles. The number of benzene rings is 2. The number of ether oxygens (including phenoxy) is 1. The lowest BCUT2D eigenvalue weighted by Gasteiger charge is -2.24. The second-order valence-electron chi connectivity index (χ2n) is 5.35. The summed E-state index contributed by atoms with van der Waals surface area (Å²) in [5.74, 6) is -0.531. The molecule has 0 bridgehead atoms. The van der Waals surface area contributed by atoms with Gasteiger partial charge in [-0.15, -0.1) is 0 Å². The summed E-state index contributed by atoms with van der Waals surface area (Å²) in [6.45, 7) is 0. The first-order valence-electron chi connectivity index (χ1n) is 7.08. The number of rotatable bonds is 2. The maximum Gasteiger partial charge on any atom is 0.233 e. The van der Waals surface area contributed by atoms with Gasteiger partial charge < -0.3 is 4.74 Å². The highest BCUT2D eigenvalue weighted by molar-refractivity contribution is 6.50. The average Bonchev–Trinajstić information content (AvgIpc) is 2.56. The van der Waals surface area contributed by atoms with Gasteiger partial charge in [-0.25, -0.2) is 0 Å². The minimum atomic E-state index is -0.528. The van der Waals surface area contributed by atoms with Crippen molar-refractivity contribution >= 4 is 22.9 Å². The number of ketones is 2. The first kappa shape index (κ1) is 12.8. The summed E-state index contributed by atoms with van der Waals surface area (Å²) in [6.07, 6.45) is 3.67. The van der Waals surface area contributed by atoms with Crippen LogP contribution in [0.25, 0.3) is 11.3 Å². The van der Waals surface area contributed by atoms with Crippen LogP contribution in [-0.2, 0) is 16.0 Å². The summed E-state index contributed by atoms with van der Waals surface area (Å²) in [5.41, 5.74) is 4.29.